The van der Waals surface area contributed by atoms with E-state index in [1.165, 1.54) is 16.5 Å². The van der Waals surface area contributed by atoms with E-state index in [2.05, 4.69) is 52.6 Å². The summed E-state index contributed by atoms with van der Waals surface area (Å²) in [6.45, 7) is 6.79. The van der Waals surface area contributed by atoms with E-state index in [1.807, 2.05) is 0 Å². The van der Waals surface area contributed by atoms with Crippen LogP contribution in [0.2, 0.25) is 0 Å². The Hall–Kier alpha value is -1.32. The normalized spacial score (nSPS) is 19.6. The third-order valence-electron chi connectivity index (χ3n) is 3.77. The molecule has 0 saturated carbocycles. The molecular formula is C14H19N3. The number of nitrogens with one attached hydrogen (secondary N) is 2. The third-order valence-corrected chi connectivity index (χ3v) is 3.77. The summed E-state index contributed by atoms with van der Waals surface area (Å²) >= 11 is 0. The maximum Gasteiger partial charge on any atom is 0.0457 e. The second-order valence-corrected chi connectivity index (χ2v) is 4.75. The second-order valence-electron chi connectivity index (χ2n) is 4.75. The molecule has 1 aliphatic heterocycles. The number of rotatable bonds is 2. The molecule has 1 aromatic carbocycles. The first-order valence-electron chi connectivity index (χ1n) is 6.37. The molecule has 3 nitrogen and oxygen atoms in total. The van der Waals surface area contributed by atoms with Crippen molar-refractivity contribution in [3.05, 3.63) is 36.0 Å². The fourth-order valence-corrected chi connectivity index (χ4v) is 2.71. The van der Waals surface area contributed by atoms with Crippen molar-refractivity contribution < 1.29 is 0 Å². The van der Waals surface area contributed by atoms with Crippen LogP contribution in [0.4, 0.5) is 0 Å². The molecule has 1 saturated heterocycles. The van der Waals surface area contributed by atoms with Crippen molar-refractivity contribution in [2.24, 2.45) is 0 Å². The summed E-state index contributed by atoms with van der Waals surface area (Å²) in [5, 5.41) is 4.76. The monoisotopic (exact) mass is 229 g/mol. The van der Waals surface area contributed by atoms with Crippen LogP contribution in [0.15, 0.2) is 30.5 Å². The van der Waals surface area contributed by atoms with Crippen LogP contribution >= 0.6 is 0 Å². The largest absolute Gasteiger partial charge is 0.361 e. The molecule has 2 N–H and O–H groups in total. The van der Waals surface area contributed by atoms with Gasteiger partial charge in [0.2, 0.25) is 0 Å². The first-order valence-corrected chi connectivity index (χ1v) is 6.37. The van der Waals surface area contributed by atoms with Gasteiger partial charge in [0.25, 0.3) is 0 Å². The molecule has 90 valence electrons. The molecule has 1 atom stereocenters. The summed E-state index contributed by atoms with van der Waals surface area (Å²) in [7, 11) is 0. The van der Waals surface area contributed by atoms with Gasteiger partial charge in [-0.2, -0.15) is 0 Å². The van der Waals surface area contributed by atoms with Crippen molar-refractivity contribution in [1.82, 2.24) is 15.2 Å². The fraction of sp³-hybridized carbons (Fsp3) is 0.429. The van der Waals surface area contributed by atoms with Gasteiger partial charge in [-0.15, -0.1) is 0 Å². The summed E-state index contributed by atoms with van der Waals surface area (Å²) in [5.74, 6) is 0. The van der Waals surface area contributed by atoms with Crippen molar-refractivity contribution in [3.63, 3.8) is 0 Å². The maximum absolute atomic E-state index is 3.40. The lowest BCUT2D eigenvalue weighted by atomic mass is 10.1. The van der Waals surface area contributed by atoms with E-state index >= 15 is 0 Å². The zero-order chi connectivity index (χ0) is 11.7. The van der Waals surface area contributed by atoms with Gasteiger partial charge < -0.3 is 10.3 Å². The quantitative estimate of drug-likeness (QED) is 0.826. The average Bonchev–Trinajstić information content (AvgIpc) is 2.83. The van der Waals surface area contributed by atoms with E-state index in [-0.39, 0.29) is 0 Å². The first kappa shape index (κ1) is 10.8. The van der Waals surface area contributed by atoms with Gasteiger partial charge >= 0.3 is 0 Å². The Morgan fingerprint density at radius 2 is 1.94 bits per heavy atom. The summed E-state index contributed by atoms with van der Waals surface area (Å²) in [5.41, 5.74) is 2.66. The van der Waals surface area contributed by atoms with E-state index in [9.17, 15) is 0 Å². The minimum Gasteiger partial charge on any atom is -0.361 e. The van der Waals surface area contributed by atoms with E-state index < -0.39 is 0 Å². The number of aromatic amines is 1. The van der Waals surface area contributed by atoms with Crippen LogP contribution in [-0.4, -0.2) is 36.1 Å². The molecule has 1 fully saturated rings. The Balaban J connectivity index is 1.92. The van der Waals surface area contributed by atoms with Crippen molar-refractivity contribution in [2.75, 3.05) is 26.2 Å². The number of piperazine rings is 1. The average molecular weight is 229 g/mol. The van der Waals surface area contributed by atoms with Crippen molar-refractivity contribution in [2.45, 2.75) is 13.0 Å². The smallest absolute Gasteiger partial charge is 0.0457 e. The standard InChI is InChI=1S/C14H19N3/c1-11(17-8-6-15-7-9-17)13-10-16-14-5-3-2-4-12(13)14/h2-5,10-11,15-16H,6-9H2,1H3. The first-order chi connectivity index (χ1) is 8.36. The fourth-order valence-electron chi connectivity index (χ4n) is 2.71. The minimum absolute atomic E-state index is 0.494. The molecule has 3 heteroatoms. The van der Waals surface area contributed by atoms with Gasteiger partial charge in [-0.1, -0.05) is 18.2 Å². The maximum atomic E-state index is 3.40. The lowest BCUT2D eigenvalue weighted by molar-refractivity contribution is 0.186. The zero-order valence-corrected chi connectivity index (χ0v) is 10.2. The molecule has 0 amide bonds. The van der Waals surface area contributed by atoms with Gasteiger partial charge in [-0.05, 0) is 18.6 Å². The van der Waals surface area contributed by atoms with Gasteiger partial charge in [0, 0.05) is 49.3 Å². The summed E-state index contributed by atoms with van der Waals surface area (Å²) in [6.07, 6.45) is 2.16. The molecule has 0 bridgehead atoms. The lowest BCUT2D eigenvalue weighted by Gasteiger charge is -2.32. The van der Waals surface area contributed by atoms with Gasteiger partial charge in [-0.3, -0.25) is 4.90 Å². The van der Waals surface area contributed by atoms with Gasteiger partial charge in [0.15, 0.2) is 0 Å². The number of benzene rings is 1. The van der Waals surface area contributed by atoms with Gasteiger partial charge in [-0.25, -0.2) is 0 Å². The number of nitrogens with zero attached hydrogens (tertiary/aromatic N) is 1. The molecule has 1 aromatic heterocycles. The van der Waals surface area contributed by atoms with Crippen LogP contribution in [0.5, 0.6) is 0 Å². The topological polar surface area (TPSA) is 31.1 Å². The van der Waals surface area contributed by atoms with Crippen LogP contribution < -0.4 is 5.32 Å². The Morgan fingerprint density at radius 1 is 1.18 bits per heavy atom. The highest BCUT2D eigenvalue weighted by molar-refractivity contribution is 5.83. The van der Waals surface area contributed by atoms with E-state index in [0.717, 1.165) is 26.2 Å². The number of hydrogen-bond acceptors (Lipinski definition) is 2. The highest BCUT2D eigenvalue weighted by Gasteiger charge is 2.19. The van der Waals surface area contributed by atoms with Crippen LogP contribution in [0.1, 0.15) is 18.5 Å². The molecule has 1 aliphatic rings. The molecule has 2 heterocycles. The number of para-hydroxylation sites is 1. The van der Waals surface area contributed by atoms with Crippen LogP contribution in [0.25, 0.3) is 10.9 Å². The molecular weight excluding hydrogens is 210 g/mol. The minimum atomic E-state index is 0.494. The van der Waals surface area contributed by atoms with Gasteiger partial charge in [0.1, 0.15) is 0 Å². The van der Waals surface area contributed by atoms with Crippen molar-refractivity contribution in [3.8, 4) is 0 Å². The van der Waals surface area contributed by atoms with E-state index in [4.69, 9.17) is 0 Å². The lowest BCUT2D eigenvalue weighted by Crippen LogP contribution is -2.44. The number of aromatic nitrogens is 1. The summed E-state index contributed by atoms with van der Waals surface area (Å²) in [6, 6.07) is 9.04. The Bertz CT molecular complexity index is 497. The molecule has 3 rings (SSSR count). The predicted molar refractivity (Wildman–Crippen MR) is 71.2 cm³/mol. The molecule has 2 aromatic rings. The Labute approximate surface area is 102 Å². The Kier molecular flexibility index (Phi) is 2.87. The molecule has 17 heavy (non-hydrogen) atoms. The molecule has 1 unspecified atom stereocenters. The van der Waals surface area contributed by atoms with Crippen molar-refractivity contribution in [1.29, 1.82) is 0 Å². The Morgan fingerprint density at radius 3 is 2.76 bits per heavy atom. The zero-order valence-electron chi connectivity index (χ0n) is 10.2. The van der Waals surface area contributed by atoms with Gasteiger partial charge in [0.05, 0.1) is 0 Å². The number of hydrogen-bond donors (Lipinski definition) is 2. The van der Waals surface area contributed by atoms with Crippen LogP contribution in [0.3, 0.4) is 0 Å². The summed E-state index contributed by atoms with van der Waals surface area (Å²) < 4.78 is 0. The number of H-pyrrole nitrogens is 1. The van der Waals surface area contributed by atoms with Crippen molar-refractivity contribution >= 4 is 10.9 Å². The SMILES string of the molecule is CC(c1c[nH]c2ccccc12)N1CCNCC1. The van der Waals surface area contributed by atoms with E-state index in [1.54, 1.807) is 0 Å². The summed E-state index contributed by atoms with van der Waals surface area (Å²) in [4.78, 5) is 5.91. The molecule has 0 radical (unpaired) electrons. The number of fused-ring (bicyclic) bond motifs is 1. The molecule has 0 aliphatic carbocycles. The molecule has 0 spiro atoms. The second kappa shape index (κ2) is 4.51. The predicted octanol–water partition coefficient (Wildman–Crippen LogP) is 2.13. The third kappa shape index (κ3) is 1.96. The van der Waals surface area contributed by atoms with Crippen LogP contribution in [-0.2, 0) is 0 Å². The van der Waals surface area contributed by atoms with Crippen LogP contribution in [0, 0.1) is 0 Å². The van der Waals surface area contributed by atoms with E-state index in [0.29, 0.717) is 6.04 Å². The highest BCUT2D eigenvalue weighted by Crippen LogP contribution is 2.27. The highest BCUT2D eigenvalue weighted by atomic mass is 15.2.